The van der Waals surface area contributed by atoms with Crippen LogP contribution in [0.4, 0.5) is 8.78 Å². The predicted molar refractivity (Wildman–Crippen MR) is 139 cm³/mol. The highest BCUT2D eigenvalue weighted by molar-refractivity contribution is 5.96. The van der Waals surface area contributed by atoms with E-state index in [-0.39, 0.29) is 29.1 Å². The summed E-state index contributed by atoms with van der Waals surface area (Å²) < 4.78 is 38.0. The summed E-state index contributed by atoms with van der Waals surface area (Å²) in [7, 11) is 3.55. The highest BCUT2D eigenvalue weighted by Crippen LogP contribution is 2.41. The highest BCUT2D eigenvalue weighted by atomic mass is 19.3. The molecule has 4 aromatic rings. The minimum absolute atomic E-state index is 0.0675. The molecule has 1 unspecified atom stereocenters. The Hall–Kier alpha value is -3.66. The first-order chi connectivity index (χ1) is 18.4. The number of hydrogen-bond donors (Lipinski definition) is 0. The number of amides is 1. The van der Waals surface area contributed by atoms with Gasteiger partial charge in [-0.1, -0.05) is 19.1 Å². The van der Waals surface area contributed by atoms with E-state index in [9.17, 15) is 13.6 Å². The van der Waals surface area contributed by atoms with Crippen molar-refractivity contribution in [1.29, 1.82) is 0 Å². The molecule has 1 saturated heterocycles. The smallest absolute Gasteiger partial charge is 0.265 e. The second-order valence-electron chi connectivity index (χ2n) is 10.1. The minimum atomic E-state index is -2.71. The van der Waals surface area contributed by atoms with Gasteiger partial charge >= 0.3 is 0 Å². The van der Waals surface area contributed by atoms with Gasteiger partial charge in [0.1, 0.15) is 11.9 Å². The predicted octanol–water partition coefficient (Wildman–Crippen LogP) is 5.25. The molecule has 5 heterocycles. The summed E-state index contributed by atoms with van der Waals surface area (Å²) in [5.74, 6) is 1.12. The molecule has 2 aliphatic rings. The molecule has 1 aromatic carbocycles. The van der Waals surface area contributed by atoms with E-state index in [4.69, 9.17) is 9.72 Å². The molecular formula is C28H30F2N6O2. The van der Waals surface area contributed by atoms with Crippen LogP contribution in [-0.4, -0.2) is 55.4 Å². The average Bonchev–Trinajstić information content (AvgIpc) is 3.52. The topological polar surface area (TPSA) is 78.1 Å². The van der Waals surface area contributed by atoms with Crippen molar-refractivity contribution in [2.45, 2.75) is 51.1 Å². The Bertz CT molecular complexity index is 1520. The Morgan fingerprint density at radius 3 is 2.61 bits per heavy atom. The molecule has 198 valence electrons. The summed E-state index contributed by atoms with van der Waals surface area (Å²) in [5.41, 5.74) is 3.64. The van der Waals surface area contributed by atoms with E-state index >= 15 is 0 Å². The molecule has 1 atom stereocenters. The van der Waals surface area contributed by atoms with Crippen LogP contribution in [0, 0.1) is 0 Å². The quantitative estimate of drug-likeness (QED) is 0.359. The normalized spacial score (nSPS) is 18.5. The van der Waals surface area contributed by atoms with Gasteiger partial charge in [0.05, 0.1) is 35.3 Å². The summed E-state index contributed by atoms with van der Waals surface area (Å²) in [6, 6.07) is 6.83. The SMILES string of the molecule is CCC1C(=O)N(C)Cc2c(-c3cccc4nc(-c5cnn(C)c5)c(C(F)F)cc34)nc(C3CCOCC3)n21. The standard InChI is InChI=1S/C28H30F2N6O2/c1-4-22-28(37)34(2)15-23-25(33-27(36(22)23)16-8-10-38-11-9-16)18-6-5-7-21-19(18)12-20(26(29)30)24(32-21)17-13-31-35(3)14-17/h5-7,12-14,16,22,26H,4,8-11,15H2,1-3H3. The zero-order valence-electron chi connectivity index (χ0n) is 21.7. The van der Waals surface area contributed by atoms with Crippen LogP contribution in [0.1, 0.15) is 61.7 Å². The van der Waals surface area contributed by atoms with Crippen molar-refractivity contribution in [3.63, 3.8) is 0 Å². The lowest BCUT2D eigenvalue weighted by Crippen LogP contribution is -2.41. The maximum Gasteiger partial charge on any atom is 0.265 e. The number of fused-ring (bicyclic) bond motifs is 2. The number of imidazole rings is 1. The van der Waals surface area contributed by atoms with Crippen LogP contribution in [0.2, 0.25) is 0 Å². The van der Waals surface area contributed by atoms with E-state index in [2.05, 4.69) is 14.6 Å². The fraction of sp³-hybridized carbons (Fsp3) is 0.429. The Balaban J connectivity index is 1.59. The molecule has 3 aromatic heterocycles. The third-order valence-electron chi connectivity index (χ3n) is 7.73. The number of rotatable bonds is 5. The van der Waals surface area contributed by atoms with Gasteiger partial charge in [-0.3, -0.25) is 9.48 Å². The van der Waals surface area contributed by atoms with Gasteiger partial charge < -0.3 is 14.2 Å². The van der Waals surface area contributed by atoms with Gasteiger partial charge in [0.2, 0.25) is 5.91 Å². The number of nitrogens with zero attached hydrogens (tertiary/aromatic N) is 6. The van der Waals surface area contributed by atoms with Crippen molar-refractivity contribution in [3.8, 4) is 22.5 Å². The molecular weight excluding hydrogens is 490 g/mol. The molecule has 1 fully saturated rings. The van der Waals surface area contributed by atoms with E-state index in [0.717, 1.165) is 35.6 Å². The molecule has 2 aliphatic heterocycles. The number of pyridine rings is 1. The van der Waals surface area contributed by atoms with Crippen molar-refractivity contribution in [3.05, 3.63) is 53.7 Å². The molecule has 6 rings (SSSR count). The summed E-state index contributed by atoms with van der Waals surface area (Å²) in [6.07, 6.45) is 2.83. The van der Waals surface area contributed by atoms with Gasteiger partial charge in [0.15, 0.2) is 0 Å². The maximum atomic E-state index is 14.4. The average molecular weight is 521 g/mol. The second kappa shape index (κ2) is 9.58. The van der Waals surface area contributed by atoms with Crippen molar-refractivity contribution in [1.82, 2.24) is 29.2 Å². The van der Waals surface area contributed by atoms with Gasteiger partial charge in [-0.05, 0) is 31.4 Å². The van der Waals surface area contributed by atoms with Gasteiger partial charge in [-0.25, -0.2) is 18.7 Å². The molecule has 38 heavy (non-hydrogen) atoms. The molecule has 10 heteroatoms. The number of ether oxygens (including phenoxy) is 1. The molecule has 1 amide bonds. The fourth-order valence-electron chi connectivity index (χ4n) is 5.83. The Morgan fingerprint density at radius 1 is 1.13 bits per heavy atom. The molecule has 0 bridgehead atoms. The summed E-state index contributed by atoms with van der Waals surface area (Å²) in [5, 5.41) is 4.75. The maximum absolute atomic E-state index is 14.4. The molecule has 0 radical (unpaired) electrons. The van der Waals surface area contributed by atoms with E-state index in [1.807, 2.05) is 25.1 Å². The summed E-state index contributed by atoms with van der Waals surface area (Å²) in [6.45, 7) is 3.72. The first kappa shape index (κ1) is 24.7. The van der Waals surface area contributed by atoms with Crippen molar-refractivity contribution in [2.24, 2.45) is 7.05 Å². The van der Waals surface area contributed by atoms with Gasteiger partial charge in [0, 0.05) is 61.5 Å². The van der Waals surface area contributed by atoms with Crippen molar-refractivity contribution < 1.29 is 18.3 Å². The third-order valence-corrected chi connectivity index (χ3v) is 7.73. The lowest BCUT2D eigenvalue weighted by molar-refractivity contribution is -0.136. The van der Waals surface area contributed by atoms with Crippen molar-refractivity contribution >= 4 is 16.8 Å². The lowest BCUT2D eigenvalue weighted by atomic mass is 9.98. The van der Waals surface area contributed by atoms with Crippen LogP contribution in [0.3, 0.4) is 0 Å². The van der Waals surface area contributed by atoms with Crippen LogP contribution in [-0.2, 0) is 23.1 Å². The minimum Gasteiger partial charge on any atom is -0.381 e. The van der Waals surface area contributed by atoms with Gasteiger partial charge in [-0.15, -0.1) is 0 Å². The van der Waals surface area contributed by atoms with E-state index in [0.29, 0.717) is 42.6 Å². The number of alkyl halides is 2. The van der Waals surface area contributed by atoms with E-state index in [1.165, 1.54) is 0 Å². The van der Waals surface area contributed by atoms with Crippen LogP contribution >= 0.6 is 0 Å². The summed E-state index contributed by atoms with van der Waals surface area (Å²) >= 11 is 0. The van der Waals surface area contributed by atoms with E-state index < -0.39 is 6.43 Å². The van der Waals surface area contributed by atoms with Crippen LogP contribution in [0.5, 0.6) is 0 Å². The lowest BCUT2D eigenvalue weighted by Gasteiger charge is -2.34. The monoisotopic (exact) mass is 520 g/mol. The first-order valence-corrected chi connectivity index (χ1v) is 13.0. The van der Waals surface area contributed by atoms with Crippen LogP contribution < -0.4 is 0 Å². The molecule has 0 spiro atoms. The zero-order valence-corrected chi connectivity index (χ0v) is 21.7. The largest absolute Gasteiger partial charge is 0.381 e. The summed E-state index contributed by atoms with van der Waals surface area (Å²) in [4.78, 5) is 24.7. The number of likely N-dealkylation sites (N-methyl/N-ethyl adjacent to an activating group) is 1. The van der Waals surface area contributed by atoms with Gasteiger partial charge in [-0.2, -0.15) is 5.10 Å². The Morgan fingerprint density at radius 2 is 1.92 bits per heavy atom. The molecule has 0 N–H and O–H groups in total. The number of aromatic nitrogens is 5. The van der Waals surface area contributed by atoms with Gasteiger partial charge in [0.25, 0.3) is 6.43 Å². The van der Waals surface area contributed by atoms with Crippen molar-refractivity contribution in [2.75, 3.05) is 20.3 Å². The fourth-order valence-corrected chi connectivity index (χ4v) is 5.83. The highest BCUT2D eigenvalue weighted by Gasteiger charge is 2.37. The Labute approximate surface area is 219 Å². The zero-order chi connectivity index (χ0) is 26.6. The molecule has 0 saturated carbocycles. The first-order valence-electron chi connectivity index (χ1n) is 13.0. The second-order valence-corrected chi connectivity index (χ2v) is 10.1. The number of benzene rings is 1. The number of carbonyl (C=O) groups is 1. The van der Waals surface area contributed by atoms with Crippen LogP contribution in [0.25, 0.3) is 33.4 Å². The number of aryl methyl sites for hydroxylation is 1. The molecule has 0 aliphatic carbocycles. The Kier molecular flexibility index (Phi) is 6.22. The third kappa shape index (κ3) is 3.98. The van der Waals surface area contributed by atoms with E-state index in [1.54, 1.807) is 42.1 Å². The number of halogens is 2. The number of carbonyl (C=O) groups excluding carboxylic acids is 1. The molecule has 8 nitrogen and oxygen atoms in total. The number of hydrogen-bond acceptors (Lipinski definition) is 5. The van der Waals surface area contributed by atoms with Crippen LogP contribution in [0.15, 0.2) is 36.7 Å².